The van der Waals surface area contributed by atoms with Crippen LogP contribution >= 0.6 is 24.0 Å². The second kappa shape index (κ2) is 7.35. The van der Waals surface area contributed by atoms with Gasteiger partial charge in [0.1, 0.15) is 0 Å². The highest BCUT2D eigenvalue weighted by Crippen LogP contribution is 2.36. The van der Waals surface area contributed by atoms with Gasteiger partial charge in [0.2, 0.25) is 0 Å². The third-order valence-electron chi connectivity index (χ3n) is 3.14. The van der Waals surface area contributed by atoms with E-state index in [1.807, 2.05) is 7.05 Å². The van der Waals surface area contributed by atoms with E-state index in [1.54, 1.807) is 0 Å². The molecule has 2 N–H and O–H groups in total. The zero-order chi connectivity index (χ0) is 11.3. The van der Waals surface area contributed by atoms with Crippen LogP contribution in [0.5, 0.6) is 0 Å². The number of hydrogen-bond acceptors (Lipinski definition) is 1. The molecule has 96 valence electrons. The molecule has 0 amide bonds. The van der Waals surface area contributed by atoms with Crippen molar-refractivity contribution >= 4 is 29.9 Å². The Hall–Kier alpha value is 0. The first-order valence-corrected chi connectivity index (χ1v) is 6.03. The normalized spacial score (nSPS) is 19.4. The highest BCUT2D eigenvalue weighted by atomic mass is 127. The number of nitrogens with one attached hydrogen (secondary N) is 2. The van der Waals surface area contributed by atoms with Gasteiger partial charge in [-0.15, -0.1) is 24.0 Å². The highest BCUT2D eigenvalue weighted by Gasteiger charge is 2.28. The van der Waals surface area contributed by atoms with Crippen LogP contribution in [-0.4, -0.2) is 25.6 Å². The van der Waals surface area contributed by atoms with Crippen LogP contribution < -0.4 is 10.6 Å². The first kappa shape index (κ1) is 16.0. The summed E-state index contributed by atoms with van der Waals surface area (Å²) < 4.78 is 0. The first-order chi connectivity index (χ1) is 7.06. The molecule has 0 saturated heterocycles. The van der Waals surface area contributed by atoms with Gasteiger partial charge in [-0.2, -0.15) is 0 Å². The lowest BCUT2D eigenvalue weighted by Crippen LogP contribution is -2.44. The van der Waals surface area contributed by atoms with Crippen LogP contribution in [0.4, 0.5) is 0 Å². The molecule has 16 heavy (non-hydrogen) atoms. The minimum Gasteiger partial charge on any atom is -0.356 e. The summed E-state index contributed by atoms with van der Waals surface area (Å²) in [4.78, 5) is 4.21. The summed E-state index contributed by atoms with van der Waals surface area (Å²) in [6.45, 7) is 7.67. The van der Waals surface area contributed by atoms with Gasteiger partial charge in [0, 0.05) is 19.6 Å². The van der Waals surface area contributed by atoms with Crippen molar-refractivity contribution in [3.05, 3.63) is 0 Å². The summed E-state index contributed by atoms with van der Waals surface area (Å²) in [6, 6.07) is 0.438. The van der Waals surface area contributed by atoms with Crippen LogP contribution in [0.15, 0.2) is 4.99 Å². The molecule has 0 aromatic carbocycles. The van der Waals surface area contributed by atoms with E-state index in [-0.39, 0.29) is 24.0 Å². The maximum absolute atomic E-state index is 4.21. The van der Waals surface area contributed by atoms with Crippen LogP contribution in [-0.2, 0) is 0 Å². The third kappa shape index (κ3) is 5.37. The Morgan fingerprint density at radius 3 is 2.31 bits per heavy atom. The summed E-state index contributed by atoms with van der Waals surface area (Å²) in [7, 11) is 1.83. The van der Waals surface area contributed by atoms with Crippen molar-refractivity contribution in [3.63, 3.8) is 0 Å². The number of hydrogen-bond donors (Lipinski definition) is 2. The summed E-state index contributed by atoms with van der Waals surface area (Å²) >= 11 is 0. The Morgan fingerprint density at radius 1 is 1.31 bits per heavy atom. The molecule has 1 rings (SSSR count). The summed E-state index contributed by atoms with van der Waals surface area (Å²) in [6.07, 6.45) is 5.46. The van der Waals surface area contributed by atoms with Gasteiger partial charge in [-0.25, -0.2) is 0 Å². The van der Waals surface area contributed by atoms with Gasteiger partial charge in [-0.3, -0.25) is 4.99 Å². The molecule has 0 atom stereocenters. The molecule has 0 unspecified atom stereocenters. The molecule has 1 aliphatic rings. The van der Waals surface area contributed by atoms with E-state index in [0.29, 0.717) is 11.5 Å². The lowest BCUT2D eigenvalue weighted by molar-refractivity contribution is 0.333. The predicted molar refractivity (Wildman–Crippen MR) is 81.6 cm³/mol. The molecule has 0 aromatic heterocycles. The monoisotopic (exact) mass is 339 g/mol. The lowest BCUT2D eigenvalue weighted by Gasteiger charge is -2.25. The van der Waals surface area contributed by atoms with Gasteiger partial charge in [0.15, 0.2) is 5.96 Å². The number of halogens is 1. The minimum absolute atomic E-state index is 0. The number of aliphatic imine (C=N–C) groups is 1. The molecule has 0 radical (unpaired) electrons. The fourth-order valence-electron chi connectivity index (χ4n) is 2.17. The molecular formula is C12H26IN3. The Kier molecular flexibility index (Phi) is 7.35. The number of nitrogens with zero attached hydrogens (tertiary/aromatic N) is 1. The quantitative estimate of drug-likeness (QED) is 0.471. The second-order valence-corrected chi connectivity index (χ2v) is 5.24. The number of guanidine groups is 1. The lowest BCUT2D eigenvalue weighted by atomic mass is 9.89. The minimum atomic E-state index is 0. The van der Waals surface area contributed by atoms with Crippen molar-refractivity contribution in [3.8, 4) is 0 Å². The van der Waals surface area contributed by atoms with Crippen molar-refractivity contribution in [2.75, 3.05) is 13.6 Å². The van der Waals surface area contributed by atoms with Gasteiger partial charge in [0.05, 0.1) is 0 Å². The molecule has 0 spiro atoms. The number of rotatable bonds is 3. The molecule has 0 aromatic rings. The summed E-state index contributed by atoms with van der Waals surface area (Å²) in [5.74, 6) is 0.929. The Bertz CT molecular complexity index is 220. The molecule has 4 heteroatoms. The average Bonchev–Trinajstić information content (AvgIpc) is 2.60. The molecule has 0 aliphatic heterocycles. The Labute approximate surface area is 117 Å². The second-order valence-electron chi connectivity index (χ2n) is 5.24. The Morgan fingerprint density at radius 2 is 1.88 bits per heavy atom. The highest BCUT2D eigenvalue weighted by molar-refractivity contribution is 14.0. The molecule has 1 fully saturated rings. The maximum atomic E-state index is 4.21. The van der Waals surface area contributed by atoms with Crippen molar-refractivity contribution in [2.24, 2.45) is 10.4 Å². The van der Waals surface area contributed by atoms with E-state index in [1.165, 1.54) is 25.7 Å². The van der Waals surface area contributed by atoms with Crippen LogP contribution in [0.3, 0.4) is 0 Å². The standard InChI is InChI=1S/C12H25N3.HI/c1-10(2)15-11(13-4)14-9-12(3)7-5-6-8-12;/h10H,5-9H2,1-4H3,(H2,13,14,15);1H. The van der Waals surface area contributed by atoms with Gasteiger partial charge in [0.25, 0.3) is 0 Å². The topological polar surface area (TPSA) is 36.4 Å². The van der Waals surface area contributed by atoms with E-state index in [2.05, 4.69) is 36.4 Å². The largest absolute Gasteiger partial charge is 0.356 e. The van der Waals surface area contributed by atoms with E-state index in [9.17, 15) is 0 Å². The average molecular weight is 339 g/mol. The molecule has 1 saturated carbocycles. The molecule has 0 bridgehead atoms. The molecule has 0 heterocycles. The van der Waals surface area contributed by atoms with Crippen LogP contribution in [0.1, 0.15) is 46.5 Å². The van der Waals surface area contributed by atoms with Crippen molar-refractivity contribution in [2.45, 2.75) is 52.5 Å². The van der Waals surface area contributed by atoms with E-state index >= 15 is 0 Å². The maximum Gasteiger partial charge on any atom is 0.191 e. The van der Waals surface area contributed by atoms with Crippen LogP contribution in [0.2, 0.25) is 0 Å². The van der Waals surface area contributed by atoms with Gasteiger partial charge in [-0.1, -0.05) is 19.8 Å². The van der Waals surface area contributed by atoms with E-state index in [4.69, 9.17) is 0 Å². The van der Waals surface area contributed by atoms with Crippen LogP contribution in [0, 0.1) is 5.41 Å². The van der Waals surface area contributed by atoms with E-state index < -0.39 is 0 Å². The van der Waals surface area contributed by atoms with Crippen molar-refractivity contribution in [1.82, 2.24) is 10.6 Å². The first-order valence-electron chi connectivity index (χ1n) is 6.03. The fraction of sp³-hybridized carbons (Fsp3) is 0.917. The van der Waals surface area contributed by atoms with Gasteiger partial charge >= 0.3 is 0 Å². The van der Waals surface area contributed by atoms with Gasteiger partial charge in [-0.05, 0) is 32.1 Å². The molecular weight excluding hydrogens is 313 g/mol. The smallest absolute Gasteiger partial charge is 0.191 e. The molecule has 3 nitrogen and oxygen atoms in total. The third-order valence-corrected chi connectivity index (χ3v) is 3.14. The zero-order valence-corrected chi connectivity index (χ0v) is 13.3. The Balaban J connectivity index is 0.00000225. The van der Waals surface area contributed by atoms with Crippen molar-refractivity contribution < 1.29 is 0 Å². The van der Waals surface area contributed by atoms with Crippen LogP contribution in [0.25, 0.3) is 0 Å². The summed E-state index contributed by atoms with van der Waals surface area (Å²) in [5, 5.41) is 6.73. The predicted octanol–water partition coefficient (Wildman–Crippen LogP) is 2.76. The van der Waals surface area contributed by atoms with Crippen molar-refractivity contribution in [1.29, 1.82) is 0 Å². The SMILES string of the molecule is CN=C(NCC1(C)CCCC1)NC(C)C.I. The fourth-order valence-corrected chi connectivity index (χ4v) is 2.17. The summed E-state index contributed by atoms with van der Waals surface area (Å²) in [5.41, 5.74) is 0.481. The zero-order valence-electron chi connectivity index (χ0n) is 11.0. The molecule has 1 aliphatic carbocycles. The van der Waals surface area contributed by atoms with E-state index in [0.717, 1.165) is 12.5 Å². The van der Waals surface area contributed by atoms with Gasteiger partial charge < -0.3 is 10.6 Å².